The van der Waals surface area contributed by atoms with Crippen LogP contribution in [-0.4, -0.2) is 98.5 Å². The summed E-state index contributed by atoms with van der Waals surface area (Å²) in [5.41, 5.74) is 1.02. The zero-order chi connectivity index (χ0) is 41.1. The summed E-state index contributed by atoms with van der Waals surface area (Å²) in [6.45, 7) is -0.291. The van der Waals surface area contributed by atoms with Crippen molar-refractivity contribution in [2.24, 2.45) is 11.8 Å². The summed E-state index contributed by atoms with van der Waals surface area (Å²) >= 11 is 0. The van der Waals surface area contributed by atoms with E-state index >= 15 is 0 Å². The number of benzene rings is 4. The molecule has 56 heavy (non-hydrogen) atoms. The van der Waals surface area contributed by atoms with Crippen LogP contribution in [0.5, 0.6) is 69.0 Å². The van der Waals surface area contributed by atoms with Crippen LogP contribution in [-0.2, 0) is 22.3 Å². The fraction of sp³-hybridized carbons (Fsp3) is 0.350. The third-order valence-electron chi connectivity index (χ3n) is 9.10. The van der Waals surface area contributed by atoms with Crippen LogP contribution in [0.1, 0.15) is 44.7 Å². The number of esters is 2. The molecule has 16 nitrogen and oxygen atoms in total. The first-order valence-electron chi connectivity index (χ1n) is 17.2. The van der Waals surface area contributed by atoms with Gasteiger partial charge in [0.05, 0.1) is 67.0 Å². The van der Waals surface area contributed by atoms with Gasteiger partial charge in [-0.2, -0.15) is 0 Å². The number of rotatable bonds is 19. The largest absolute Gasteiger partial charge is 0.504 e. The van der Waals surface area contributed by atoms with Crippen LogP contribution in [0.4, 0.5) is 0 Å². The molecule has 0 aromatic heterocycles. The maximum Gasteiger partial charge on any atom is 0.338 e. The van der Waals surface area contributed by atoms with Crippen molar-refractivity contribution in [2.75, 3.05) is 55.9 Å². The van der Waals surface area contributed by atoms with E-state index in [1.165, 1.54) is 91.2 Å². The molecule has 0 radical (unpaired) electrons. The van der Waals surface area contributed by atoms with Gasteiger partial charge in [-0.25, -0.2) is 9.59 Å². The number of phenols is 6. The molecule has 6 N–H and O–H groups in total. The Bertz CT molecular complexity index is 1910. The topological polar surface area (TPSA) is 229 Å². The smallest absolute Gasteiger partial charge is 0.338 e. The summed E-state index contributed by atoms with van der Waals surface area (Å²) < 4.78 is 43.6. The predicted octanol–water partition coefficient (Wildman–Crippen LogP) is 5.48. The van der Waals surface area contributed by atoms with Crippen molar-refractivity contribution in [3.63, 3.8) is 0 Å². The SMILES string of the molecule is COc1cc(C(=O)OCCC[C@@H](Cc2cc(O)c(O)c(O)c2)[C@@H](COC(=O)c2cc(OC)c(OC)c(OC)c2)Cc2cc(O)c(O)c(O)c2)cc(OC)c1OC. The Morgan fingerprint density at radius 3 is 1.21 bits per heavy atom. The molecule has 0 aliphatic heterocycles. The van der Waals surface area contributed by atoms with Gasteiger partial charge in [0.25, 0.3) is 0 Å². The second kappa shape index (κ2) is 19.1. The van der Waals surface area contributed by atoms with Gasteiger partial charge >= 0.3 is 11.9 Å². The number of carbonyl (C=O) groups is 2. The summed E-state index contributed by atoms with van der Waals surface area (Å²) in [7, 11) is 8.49. The molecule has 0 bridgehead atoms. The van der Waals surface area contributed by atoms with Gasteiger partial charge in [0, 0.05) is 5.92 Å². The molecule has 0 spiro atoms. The standard InChI is InChI=1S/C40H46O16/c1-49-31-16-24(17-32(50-2)37(31)53-5)39(47)55-9-7-8-23(10-21-12-27(41)35(45)28(42)13-21)26(11-22-14-29(43)36(46)30(44)15-22)20-56-40(48)25-18-33(51-3)38(54-6)34(19-25)52-4/h12-19,23,26,41-46H,7-11,20H2,1-6H3/t23-,26+/m0/s1. The number of hydrogen-bond donors (Lipinski definition) is 6. The summed E-state index contributed by atoms with van der Waals surface area (Å²) in [6.07, 6.45) is 0.814. The lowest BCUT2D eigenvalue weighted by atomic mass is 9.80. The van der Waals surface area contributed by atoms with Crippen molar-refractivity contribution in [2.45, 2.75) is 25.7 Å². The number of hydrogen-bond acceptors (Lipinski definition) is 16. The van der Waals surface area contributed by atoms with Crippen LogP contribution in [0.3, 0.4) is 0 Å². The van der Waals surface area contributed by atoms with Crippen LogP contribution in [0.15, 0.2) is 48.5 Å². The van der Waals surface area contributed by atoms with Gasteiger partial charge in [-0.05, 0) is 91.3 Å². The predicted molar refractivity (Wildman–Crippen MR) is 199 cm³/mol. The van der Waals surface area contributed by atoms with Crippen molar-refractivity contribution in [1.82, 2.24) is 0 Å². The van der Waals surface area contributed by atoms with E-state index in [4.69, 9.17) is 37.9 Å². The number of carbonyl (C=O) groups excluding carboxylic acids is 2. The molecular formula is C40H46O16. The third-order valence-corrected chi connectivity index (χ3v) is 9.10. The van der Waals surface area contributed by atoms with E-state index in [0.717, 1.165) is 0 Å². The lowest BCUT2D eigenvalue weighted by molar-refractivity contribution is 0.0361. The highest BCUT2D eigenvalue weighted by Crippen LogP contribution is 2.42. The van der Waals surface area contributed by atoms with Crippen molar-refractivity contribution < 1.29 is 78.1 Å². The number of phenolic OH excluding ortho intramolecular Hbond substituents is 6. The van der Waals surface area contributed by atoms with Gasteiger partial charge in [0.15, 0.2) is 57.5 Å². The van der Waals surface area contributed by atoms with Crippen LogP contribution < -0.4 is 28.4 Å². The van der Waals surface area contributed by atoms with Gasteiger partial charge in [-0.15, -0.1) is 0 Å². The van der Waals surface area contributed by atoms with E-state index in [1.54, 1.807) is 0 Å². The highest BCUT2D eigenvalue weighted by molar-refractivity contribution is 5.92. The molecular weight excluding hydrogens is 736 g/mol. The Morgan fingerprint density at radius 1 is 0.500 bits per heavy atom. The highest BCUT2D eigenvalue weighted by Gasteiger charge is 2.28. The number of methoxy groups -OCH3 is 6. The minimum absolute atomic E-state index is 0.0587. The van der Waals surface area contributed by atoms with Crippen molar-refractivity contribution >= 4 is 11.9 Å². The Hall–Kier alpha value is -6.58. The van der Waals surface area contributed by atoms with Gasteiger partial charge in [-0.3, -0.25) is 0 Å². The Kier molecular flexibility index (Phi) is 14.4. The molecule has 0 aliphatic carbocycles. The highest BCUT2D eigenvalue weighted by atomic mass is 16.5. The molecule has 0 saturated carbocycles. The Balaban J connectivity index is 1.65. The molecule has 0 fully saturated rings. The Labute approximate surface area is 322 Å². The lowest BCUT2D eigenvalue weighted by Crippen LogP contribution is -2.27. The Morgan fingerprint density at radius 2 is 0.857 bits per heavy atom. The maximum absolute atomic E-state index is 13.5. The lowest BCUT2D eigenvalue weighted by Gasteiger charge is -2.28. The van der Waals surface area contributed by atoms with Crippen LogP contribution in [0.25, 0.3) is 0 Å². The quantitative estimate of drug-likeness (QED) is 0.0393. The summed E-state index contributed by atoms with van der Waals surface area (Å²) in [5.74, 6) is -4.63. The zero-order valence-electron chi connectivity index (χ0n) is 31.8. The molecule has 0 aliphatic rings. The molecule has 2 atom stereocenters. The first-order valence-corrected chi connectivity index (χ1v) is 17.2. The van der Waals surface area contributed by atoms with Gasteiger partial charge in [0.1, 0.15) is 0 Å². The molecule has 0 amide bonds. The molecule has 0 saturated heterocycles. The molecule has 4 aromatic carbocycles. The first kappa shape index (κ1) is 42.2. The number of aromatic hydroxyl groups is 6. The molecule has 4 rings (SSSR count). The van der Waals surface area contributed by atoms with E-state index in [-0.39, 0.29) is 72.4 Å². The summed E-state index contributed by atoms with van der Waals surface area (Å²) in [5, 5.41) is 61.2. The van der Waals surface area contributed by atoms with Crippen molar-refractivity contribution in [3.05, 3.63) is 70.8 Å². The monoisotopic (exact) mass is 782 g/mol. The third kappa shape index (κ3) is 9.93. The molecule has 0 heterocycles. The molecule has 16 heteroatoms. The molecule has 4 aromatic rings. The second-order valence-electron chi connectivity index (χ2n) is 12.6. The average molecular weight is 783 g/mol. The van der Waals surface area contributed by atoms with Crippen molar-refractivity contribution in [3.8, 4) is 69.0 Å². The van der Waals surface area contributed by atoms with Gasteiger partial charge in [-0.1, -0.05) is 0 Å². The maximum atomic E-state index is 13.5. The summed E-state index contributed by atoms with van der Waals surface area (Å²) in [6, 6.07) is 10.9. The number of ether oxygens (including phenoxy) is 8. The average Bonchev–Trinajstić information content (AvgIpc) is 3.19. The van der Waals surface area contributed by atoms with E-state index in [1.807, 2.05) is 0 Å². The van der Waals surface area contributed by atoms with Gasteiger partial charge < -0.3 is 68.5 Å². The van der Waals surface area contributed by atoms with E-state index in [2.05, 4.69) is 0 Å². The van der Waals surface area contributed by atoms with Crippen LogP contribution >= 0.6 is 0 Å². The molecule has 302 valence electrons. The van der Waals surface area contributed by atoms with E-state index in [0.29, 0.717) is 23.3 Å². The fourth-order valence-corrected chi connectivity index (χ4v) is 6.29. The fourth-order valence-electron chi connectivity index (χ4n) is 6.29. The minimum Gasteiger partial charge on any atom is -0.504 e. The minimum atomic E-state index is -0.747. The zero-order valence-corrected chi connectivity index (χ0v) is 31.8. The van der Waals surface area contributed by atoms with E-state index in [9.17, 15) is 40.2 Å². The van der Waals surface area contributed by atoms with Crippen molar-refractivity contribution in [1.29, 1.82) is 0 Å². The van der Waals surface area contributed by atoms with E-state index < -0.39 is 58.3 Å². The van der Waals surface area contributed by atoms with Crippen LogP contribution in [0, 0.1) is 11.8 Å². The van der Waals surface area contributed by atoms with Crippen LogP contribution in [0.2, 0.25) is 0 Å². The summed E-state index contributed by atoms with van der Waals surface area (Å²) in [4.78, 5) is 26.7. The normalized spacial score (nSPS) is 11.9. The molecule has 0 unspecified atom stereocenters. The first-order chi connectivity index (χ1) is 26.8. The second-order valence-corrected chi connectivity index (χ2v) is 12.6. The van der Waals surface area contributed by atoms with Gasteiger partial charge in [0.2, 0.25) is 11.5 Å².